The lowest BCUT2D eigenvalue weighted by Crippen LogP contribution is -2.11. The number of rotatable bonds is 6. The molecule has 0 aliphatic heterocycles. The van der Waals surface area contributed by atoms with Gasteiger partial charge in [-0.05, 0) is 17.5 Å². The summed E-state index contributed by atoms with van der Waals surface area (Å²) in [4.78, 5) is 36.0. The molecule has 0 bridgehead atoms. The zero-order valence-corrected chi connectivity index (χ0v) is 10.7. The van der Waals surface area contributed by atoms with Gasteiger partial charge in [-0.2, -0.15) is 0 Å². The summed E-state index contributed by atoms with van der Waals surface area (Å²) in [6.45, 7) is 0. The van der Waals surface area contributed by atoms with Gasteiger partial charge in [0.05, 0.1) is 20.6 Å². The second-order valence-electron chi connectivity index (χ2n) is 3.80. The Kier molecular flexibility index (Phi) is 5.11. The van der Waals surface area contributed by atoms with Gasteiger partial charge in [-0.1, -0.05) is 0 Å². The van der Waals surface area contributed by atoms with Crippen molar-refractivity contribution in [3.05, 3.63) is 23.0 Å². The molecule has 7 heteroatoms. The first kappa shape index (κ1) is 14.7. The van der Waals surface area contributed by atoms with E-state index in [4.69, 9.17) is 5.11 Å². The predicted octanol–water partition coefficient (Wildman–Crippen LogP) is 0.534. The fraction of sp³-hybridized carbons (Fsp3) is 0.417. The molecule has 0 amide bonds. The monoisotopic (exact) mass is 269 g/mol. The molecule has 1 heterocycles. The zero-order valence-electron chi connectivity index (χ0n) is 10.7. The first-order valence-corrected chi connectivity index (χ1v) is 5.55. The van der Waals surface area contributed by atoms with Crippen molar-refractivity contribution < 1.29 is 29.0 Å². The summed E-state index contributed by atoms with van der Waals surface area (Å²) in [6, 6.07) is 0. The van der Waals surface area contributed by atoms with Crippen LogP contribution in [0.1, 0.15) is 28.0 Å². The number of H-pyrrole nitrogens is 1. The first-order chi connectivity index (χ1) is 8.99. The number of hydrogen-bond donors (Lipinski definition) is 2. The van der Waals surface area contributed by atoms with Crippen LogP contribution in [-0.4, -0.2) is 42.2 Å². The van der Waals surface area contributed by atoms with Crippen LogP contribution in [0.4, 0.5) is 0 Å². The smallest absolute Gasteiger partial charge is 0.352 e. The SMILES string of the molecule is COC(=O)CCc1c[nH]c(C(=O)O)c1CC(=O)OC. The number of esters is 2. The van der Waals surface area contributed by atoms with Gasteiger partial charge >= 0.3 is 17.9 Å². The number of carbonyl (C=O) groups excluding carboxylic acids is 2. The minimum absolute atomic E-state index is 0.0646. The molecular formula is C12H15NO6. The summed E-state index contributed by atoms with van der Waals surface area (Å²) < 4.78 is 9.03. The van der Waals surface area contributed by atoms with E-state index in [1.165, 1.54) is 20.4 Å². The highest BCUT2D eigenvalue weighted by Gasteiger charge is 2.20. The molecule has 104 valence electrons. The number of hydrogen-bond acceptors (Lipinski definition) is 5. The van der Waals surface area contributed by atoms with Crippen molar-refractivity contribution in [2.75, 3.05) is 14.2 Å². The second kappa shape index (κ2) is 6.58. The number of aromatic nitrogens is 1. The van der Waals surface area contributed by atoms with Crippen LogP contribution < -0.4 is 0 Å². The van der Waals surface area contributed by atoms with Crippen molar-refractivity contribution in [3.63, 3.8) is 0 Å². The Morgan fingerprint density at radius 2 is 1.84 bits per heavy atom. The van der Waals surface area contributed by atoms with Crippen molar-refractivity contribution in [3.8, 4) is 0 Å². The summed E-state index contributed by atoms with van der Waals surface area (Å²) in [6.07, 6.45) is 1.73. The molecule has 0 saturated heterocycles. The molecular weight excluding hydrogens is 254 g/mol. The number of carboxylic acid groups (broad SMARTS) is 1. The number of nitrogens with one attached hydrogen (secondary N) is 1. The van der Waals surface area contributed by atoms with Crippen LogP contribution in [0.2, 0.25) is 0 Å². The Balaban J connectivity index is 2.93. The summed E-state index contributed by atoms with van der Waals surface area (Å²) in [5.74, 6) is -2.10. The molecule has 19 heavy (non-hydrogen) atoms. The molecule has 0 aliphatic rings. The summed E-state index contributed by atoms with van der Waals surface area (Å²) in [7, 11) is 2.50. The van der Waals surface area contributed by atoms with Gasteiger partial charge in [0.1, 0.15) is 5.69 Å². The third kappa shape index (κ3) is 3.84. The molecule has 0 aromatic carbocycles. The maximum absolute atomic E-state index is 11.3. The minimum atomic E-state index is -1.16. The molecule has 0 saturated carbocycles. The van der Waals surface area contributed by atoms with E-state index < -0.39 is 17.9 Å². The lowest BCUT2D eigenvalue weighted by atomic mass is 10.0. The van der Waals surface area contributed by atoms with Gasteiger partial charge in [0.15, 0.2) is 0 Å². The van der Waals surface area contributed by atoms with Gasteiger partial charge in [0.2, 0.25) is 0 Å². The molecule has 0 atom stereocenters. The number of aromatic amines is 1. The van der Waals surface area contributed by atoms with Crippen molar-refractivity contribution >= 4 is 17.9 Å². The molecule has 2 N–H and O–H groups in total. The molecule has 0 radical (unpaired) electrons. The number of aryl methyl sites for hydroxylation is 1. The van der Waals surface area contributed by atoms with Crippen LogP contribution in [0.25, 0.3) is 0 Å². The molecule has 0 fully saturated rings. The van der Waals surface area contributed by atoms with E-state index >= 15 is 0 Å². The summed E-state index contributed by atoms with van der Waals surface area (Å²) in [5.41, 5.74) is 0.863. The third-order valence-electron chi connectivity index (χ3n) is 2.67. The van der Waals surface area contributed by atoms with E-state index in [1.807, 2.05) is 0 Å². The van der Waals surface area contributed by atoms with Gasteiger partial charge < -0.3 is 19.6 Å². The molecule has 1 aromatic rings. The first-order valence-electron chi connectivity index (χ1n) is 5.55. The summed E-state index contributed by atoms with van der Waals surface area (Å²) >= 11 is 0. The number of carboxylic acids is 1. The van der Waals surface area contributed by atoms with Crippen LogP contribution in [0.3, 0.4) is 0 Å². The zero-order chi connectivity index (χ0) is 14.4. The van der Waals surface area contributed by atoms with Crippen LogP contribution >= 0.6 is 0 Å². The van der Waals surface area contributed by atoms with Crippen LogP contribution in [-0.2, 0) is 31.9 Å². The van der Waals surface area contributed by atoms with Gasteiger partial charge in [-0.15, -0.1) is 0 Å². The molecule has 7 nitrogen and oxygen atoms in total. The largest absolute Gasteiger partial charge is 0.477 e. The fourth-order valence-corrected chi connectivity index (χ4v) is 1.67. The molecule has 0 aliphatic carbocycles. The van der Waals surface area contributed by atoms with E-state index in [-0.39, 0.29) is 18.5 Å². The van der Waals surface area contributed by atoms with Gasteiger partial charge in [-0.3, -0.25) is 9.59 Å². The average Bonchev–Trinajstić information content (AvgIpc) is 2.78. The lowest BCUT2D eigenvalue weighted by Gasteiger charge is -2.04. The number of carbonyl (C=O) groups is 3. The number of methoxy groups -OCH3 is 2. The number of aromatic carboxylic acids is 1. The van der Waals surface area contributed by atoms with Crippen LogP contribution in [0.5, 0.6) is 0 Å². The normalized spacial score (nSPS) is 10.0. The van der Waals surface area contributed by atoms with E-state index in [0.29, 0.717) is 17.5 Å². The highest BCUT2D eigenvalue weighted by atomic mass is 16.5. The minimum Gasteiger partial charge on any atom is -0.477 e. The summed E-state index contributed by atoms with van der Waals surface area (Å²) in [5, 5.41) is 9.01. The van der Waals surface area contributed by atoms with Crippen molar-refractivity contribution in [1.29, 1.82) is 0 Å². The lowest BCUT2D eigenvalue weighted by molar-refractivity contribution is -0.140. The third-order valence-corrected chi connectivity index (χ3v) is 2.67. The Morgan fingerprint density at radius 1 is 1.21 bits per heavy atom. The second-order valence-corrected chi connectivity index (χ2v) is 3.80. The molecule has 0 unspecified atom stereocenters. The van der Waals surface area contributed by atoms with Gasteiger partial charge in [0, 0.05) is 12.6 Å². The van der Waals surface area contributed by atoms with E-state index in [0.717, 1.165) is 0 Å². The Bertz CT molecular complexity index is 490. The topological polar surface area (TPSA) is 106 Å². The highest BCUT2D eigenvalue weighted by Crippen LogP contribution is 2.18. The van der Waals surface area contributed by atoms with Crippen molar-refractivity contribution in [2.24, 2.45) is 0 Å². The average molecular weight is 269 g/mol. The van der Waals surface area contributed by atoms with Crippen LogP contribution in [0.15, 0.2) is 6.20 Å². The van der Waals surface area contributed by atoms with E-state index in [9.17, 15) is 14.4 Å². The highest BCUT2D eigenvalue weighted by molar-refractivity contribution is 5.90. The maximum Gasteiger partial charge on any atom is 0.352 e. The quantitative estimate of drug-likeness (QED) is 0.730. The van der Waals surface area contributed by atoms with Crippen molar-refractivity contribution in [1.82, 2.24) is 4.98 Å². The van der Waals surface area contributed by atoms with Gasteiger partial charge in [-0.25, -0.2) is 4.79 Å². The predicted molar refractivity (Wildman–Crippen MR) is 63.8 cm³/mol. The molecule has 0 spiro atoms. The molecule has 1 rings (SSSR count). The Labute approximate surface area is 109 Å². The van der Waals surface area contributed by atoms with Gasteiger partial charge in [0.25, 0.3) is 0 Å². The molecule has 1 aromatic heterocycles. The Hall–Kier alpha value is -2.31. The fourth-order valence-electron chi connectivity index (χ4n) is 1.67. The van der Waals surface area contributed by atoms with E-state index in [1.54, 1.807) is 0 Å². The van der Waals surface area contributed by atoms with E-state index in [2.05, 4.69) is 14.5 Å². The number of ether oxygens (including phenoxy) is 2. The van der Waals surface area contributed by atoms with Crippen molar-refractivity contribution in [2.45, 2.75) is 19.3 Å². The Morgan fingerprint density at radius 3 is 2.37 bits per heavy atom. The maximum atomic E-state index is 11.3. The standard InChI is InChI=1S/C12H15NO6/c1-18-9(14)4-3-7-6-13-11(12(16)17)8(7)5-10(15)19-2/h6,13H,3-5H2,1-2H3,(H,16,17). The van der Waals surface area contributed by atoms with Crippen LogP contribution in [0, 0.1) is 0 Å².